The Kier molecular flexibility index (Phi) is 6.61. The van der Waals surface area contributed by atoms with Crippen LogP contribution >= 0.6 is 0 Å². The fourth-order valence-corrected chi connectivity index (χ4v) is 3.15. The van der Waals surface area contributed by atoms with Crippen LogP contribution in [0.2, 0.25) is 0 Å². The molecule has 0 unspecified atom stereocenters. The highest BCUT2D eigenvalue weighted by atomic mass is 19.1. The Balaban J connectivity index is 0.000000158. The van der Waals surface area contributed by atoms with Gasteiger partial charge >= 0.3 is 0 Å². The summed E-state index contributed by atoms with van der Waals surface area (Å²) in [5.74, 6) is 0.729. The average Bonchev–Trinajstić information content (AvgIpc) is 2.92. The van der Waals surface area contributed by atoms with E-state index in [4.69, 9.17) is 10.8 Å². The van der Waals surface area contributed by atoms with E-state index >= 15 is 0 Å². The van der Waals surface area contributed by atoms with Gasteiger partial charge in [-0.05, 0) is 62.3 Å². The van der Waals surface area contributed by atoms with E-state index in [9.17, 15) is 4.39 Å². The van der Waals surface area contributed by atoms with E-state index in [1.165, 1.54) is 30.2 Å². The molecule has 0 spiro atoms. The third kappa shape index (κ3) is 4.26. The SMILES string of the molecule is CO.Cn1nc2c(c1N)CCCC2.Fc1ccc2c(c1)CCCN2. The molecule has 2 aliphatic rings. The van der Waals surface area contributed by atoms with Crippen LogP contribution in [0.25, 0.3) is 0 Å². The standard InChI is InChI=1S/C9H10FN.C8H13N3.CH4O/c10-8-3-4-9-7(6-8)2-1-5-11-9;1-11-8(9)6-4-2-3-5-7(6)10-11;1-2/h3-4,6,11H,1-2,5H2;2-5,9H2,1H3;2H,1H3. The number of anilines is 2. The molecule has 1 aliphatic heterocycles. The van der Waals surface area contributed by atoms with Crippen LogP contribution in [0.4, 0.5) is 15.9 Å². The number of fused-ring (bicyclic) bond motifs is 2. The Morgan fingerprint density at radius 3 is 2.67 bits per heavy atom. The van der Waals surface area contributed by atoms with Crippen LogP contribution < -0.4 is 11.1 Å². The predicted octanol–water partition coefficient (Wildman–Crippen LogP) is 2.67. The van der Waals surface area contributed by atoms with Crippen molar-refractivity contribution in [2.75, 3.05) is 24.7 Å². The number of nitrogens with one attached hydrogen (secondary N) is 1. The van der Waals surface area contributed by atoms with E-state index in [0.717, 1.165) is 56.4 Å². The Hall–Kier alpha value is -2.08. The molecular formula is C18H27FN4O. The van der Waals surface area contributed by atoms with Crippen molar-refractivity contribution in [1.82, 2.24) is 9.78 Å². The molecule has 0 amide bonds. The van der Waals surface area contributed by atoms with Crippen molar-refractivity contribution in [1.29, 1.82) is 0 Å². The van der Waals surface area contributed by atoms with Gasteiger partial charge in [0.2, 0.25) is 0 Å². The Morgan fingerprint density at radius 2 is 1.92 bits per heavy atom. The topological polar surface area (TPSA) is 76.1 Å². The van der Waals surface area contributed by atoms with Gasteiger partial charge in [-0.2, -0.15) is 5.10 Å². The molecule has 0 radical (unpaired) electrons. The van der Waals surface area contributed by atoms with Crippen LogP contribution in [-0.2, 0) is 26.3 Å². The van der Waals surface area contributed by atoms with Crippen LogP contribution in [0.3, 0.4) is 0 Å². The van der Waals surface area contributed by atoms with Gasteiger partial charge in [0, 0.05) is 32.0 Å². The minimum Gasteiger partial charge on any atom is -0.400 e. The molecule has 1 aromatic heterocycles. The number of benzene rings is 1. The average molecular weight is 334 g/mol. The number of aryl methyl sites for hydroxylation is 3. The third-order valence-corrected chi connectivity index (χ3v) is 4.37. The van der Waals surface area contributed by atoms with Gasteiger partial charge in [0.1, 0.15) is 11.6 Å². The number of nitrogen functional groups attached to an aromatic ring is 1. The number of nitrogens with zero attached hydrogens (tertiary/aromatic N) is 2. The van der Waals surface area contributed by atoms with E-state index in [1.807, 2.05) is 13.1 Å². The molecule has 6 heteroatoms. The molecular weight excluding hydrogens is 307 g/mol. The van der Waals surface area contributed by atoms with Crippen LogP contribution in [-0.4, -0.2) is 28.5 Å². The monoisotopic (exact) mass is 334 g/mol. The van der Waals surface area contributed by atoms with E-state index < -0.39 is 0 Å². The first-order valence-corrected chi connectivity index (χ1v) is 8.42. The number of aliphatic hydroxyl groups excluding tert-OH is 1. The van der Waals surface area contributed by atoms with Gasteiger partial charge in [-0.15, -0.1) is 0 Å². The highest BCUT2D eigenvalue weighted by molar-refractivity contribution is 5.52. The maximum Gasteiger partial charge on any atom is 0.124 e. The van der Waals surface area contributed by atoms with Crippen molar-refractivity contribution < 1.29 is 9.50 Å². The summed E-state index contributed by atoms with van der Waals surface area (Å²) < 4.78 is 14.5. The molecule has 1 aromatic carbocycles. The number of hydrogen-bond donors (Lipinski definition) is 3. The van der Waals surface area contributed by atoms with Gasteiger partial charge in [-0.3, -0.25) is 4.68 Å². The zero-order valence-electron chi connectivity index (χ0n) is 14.5. The fourth-order valence-electron chi connectivity index (χ4n) is 3.15. The van der Waals surface area contributed by atoms with E-state index in [-0.39, 0.29) is 5.82 Å². The number of nitrogens with two attached hydrogens (primary N) is 1. The number of halogens is 1. The molecule has 2 aromatic rings. The van der Waals surface area contributed by atoms with Gasteiger partial charge in [0.15, 0.2) is 0 Å². The Bertz CT molecular complexity index is 669. The van der Waals surface area contributed by atoms with Crippen LogP contribution in [0.15, 0.2) is 18.2 Å². The molecule has 5 nitrogen and oxygen atoms in total. The zero-order chi connectivity index (χ0) is 17.5. The van der Waals surface area contributed by atoms with Crippen molar-refractivity contribution in [2.45, 2.75) is 38.5 Å². The summed E-state index contributed by atoms with van der Waals surface area (Å²) in [6, 6.07) is 4.92. The third-order valence-electron chi connectivity index (χ3n) is 4.37. The second-order valence-electron chi connectivity index (χ2n) is 5.97. The van der Waals surface area contributed by atoms with Crippen LogP contribution in [0, 0.1) is 5.82 Å². The summed E-state index contributed by atoms with van der Waals surface area (Å²) in [6.45, 7) is 1.01. The molecule has 0 bridgehead atoms. The molecule has 2 heterocycles. The quantitative estimate of drug-likeness (QED) is 0.692. The second kappa shape index (κ2) is 8.68. The molecule has 4 N–H and O–H groups in total. The minimum absolute atomic E-state index is 0.132. The Morgan fingerprint density at radius 1 is 1.17 bits per heavy atom. The van der Waals surface area contributed by atoms with Gasteiger partial charge in [0.25, 0.3) is 0 Å². The highest BCUT2D eigenvalue weighted by Crippen LogP contribution is 2.24. The van der Waals surface area contributed by atoms with Crippen molar-refractivity contribution in [2.24, 2.45) is 7.05 Å². The first-order chi connectivity index (χ1) is 11.6. The number of aromatic nitrogens is 2. The molecule has 132 valence electrons. The maximum absolute atomic E-state index is 12.7. The predicted molar refractivity (Wildman–Crippen MR) is 95.6 cm³/mol. The van der Waals surface area contributed by atoms with Crippen molar-refractivity contribution in [3.63, 3.8) is 0 Å². The maximum atomic E-state index is 12.7. The smallest absolute Gasteiger partial charge is 0.124 e. The summed E-state index contributed by atoms with van der Waals surface area (Å²) in [5.41, 5.74) is 10.5. The zero-order valence-corrected chi connectivity index (χ0v) is 14.5. The lowest BCUT2D eigenvalue weighted by Gasteiger charge is -2.17. The molecule has 0 saturated heterocycles. The summed E-state index contributed by atoms with van der Waals surface area (Å²) in [5, 5.41) is 14.6. The van der Waals surface area contributed by atoms with E-state index in [1.54, 1.807) is 10.7 Å². The normalized spacial score (nSPS) is 14.8. The van der Waals surface area contributed by atoms with E-state index in [0.29, 0.717) is 0 Å². The van der Waals surface area contributed by atoms with Crippen molar-refractivity contribution >= 4 is 11.5 Å². The van der Waals surface area contributed by atoms with Crippen molar-refractivity contribution in [3.05, 3.63) is 40.8 Å². The lowest BCUT2D eigenvalue weighted by Crippen LogP contribution is -2.11. The fraction of sp³-hybridized carbons (Fsp3) is 0.500. The molecule has 1 aliphatic carbocycles. The largest absolute Gasteiger partial charge is 0.400 e. The van der Waals surface area contributed by atoms with Crippen molar-refractivity contribution in [3.8, 4) is 0 Å². The molecule has 0 fully saturated rings. The van der Waals surface area contributed by atoms with E-state index in [2.05, 4.69) is 10.4 Å². The van der Waals surface area contributed by atoms with Crippen LogP contribution in [0.1, 0.15) is 36.1 Å². The molecule has 4 rings (SSSR count). The lowest BCUT2D eigenvalue weighted by atomic mass is 9.98. The number of aliphatic hydroxyl groups is 1. The van der Waals surface area contributed by atoms with Gasteiger partial charge in [0.05, 0.1) is 5.69 Å². The first kappa shape index (κ1) is 18.3. The lowest BCUT2D eigenvalue weighted by molar-refractivity contribution is 0.399. The molecule has 0 saturated carbocycles. The first-order valence-electron chi connectivity index (χ1n) is 8.42. The highest BCUT2D eigenvalue weighted by Gasteiger charge is 2.16. The summed E-state index contributed by atoms with van der Waals surface area (Å²) >= 11 is 0. The second-order valence-corrected chi connectivity index (χ2v) is 5.97. The summed E-state index contributed by atoms with van der Waals surface area (Å²) in [4.78, 5) is 0. The number of hydrogen-bond acceptors (Lipinski definition) is 4. The van der Waals surface area contributed by atoms with Gasteiger partial charge in [-0.1, -0.05) is 0 Å². The summed E-state index contributed by atoms with van der Waals surface area (Å²) in [7, 11) is 2.91. The van der Waals surface area contributed by atoms with Gasteiger partial charge in [-0.25, -0.2) is 4.39 Å². The molecule has 24 heavy (non-hydrogen) atoms. The molecule has 0 atom stereocenters. The number of rotatable bonds is 0. The Labute approximate surface area is 142 Å². The minimum atomic E-state index is -0.132. The van der Waals surface area contributed by atoms with Gasteiger partial charge < -0.3 is 16.2 Å². The summed E-state index contributed by atoms with van der Waals surface area (Å²) in [6.07, 6.45) is 6.87. The van der Waals surface area contributed by atoms with Crippen LogP contribution in [0.5, 0.6) is 0 Å².